The molecule has 176 valence electrons. The van der Waals surface area contributed by atoms with Crippen LogP contribution in [0, 0.1) is 17.0 Å². The number of hydrogen-bond acceptors (Lipinski definition) is 7. The van der Waals surface area contributed by atoms with E-state index in [4.69, 9.17) is 0 Å². The van der Waals surface area contributed by atoms with Crippen molar-refractivity contribution in [3.05, 3.63) is 94.0 Å². The van der Waals surface area contributed by atoms with E-state index >= 15 is 0 Å². The molecule has 0 aromatic heterocycles. The number of para-hydroxylation sites is 2. The average Bonchev–Trinajstić information content (AvgIpc) is 2.83. The van der Waals surface area contributed by atoms with Gasteiger partial charge in [-0.3, -0.25) is 19.2 Å². The molecule has 0 unspecified atom stereocenters. The molecule has 0 radical (unpaired) electrons. The average molecular weight is 484 g/mol. The molecule has 1 N–H and O–H groups in total. The summed E-state index contributed by atoms with van der Waals surface area (Å²) in [6, 6.07) is 17.3. The van der Waals surface area contributed by atoms with Gasteiger partial charge in [-0.25, -0.2) is 13.2 Å². The SMILES string of the molecule is COC(=O)c1ccc(C)c(NC(=O)CN(c2ccccc2)S(=O)(=O)c2ccccc2[N+](=O)[O-])c1. The number of carbonyl (C=O) groups excluding carboxylic acids is 2. The van der Waals surface area contributed by atoms with E-state index in [9.17, 15) is 28.1 Å². The van der Waals surface area contributed by atoms with Crippen molar-refractivity contribution in [2.45, 2.75) is 11.8 Å². The highest BCUT2D eigenvalue weighted by Gasteiger charge is 2.33. The summed E-state index contributed by atoms with van der Waals surface area (Å²) < 4.78 is 32.4. The molecule has 0 aliphatic rings. The summed E-state index contributed by atoms with van der Waals surface area (Å²) in [5.74, 6) is -1.31. The Hall–Kier alpha value is -4.25. The highest BCUT2D eigenvalue weighted by Crippen LogP contribution is 2.30. The Morgan fingerprint density at radius 1 is 1.03 bits per heavy atom. The molecule has 0 saturated heterocycles. The first kappa shape index (κ1) is 24.4. The first-order valence-electron chi connectivity index (χ1n) is 9.95. The normalized spacial score (nSPS) is 10.9. The van der Waals surface area contributed by atoms with E-state index in [2.05, 4.69) is 10.1 Å². The second-order valence-electron chi connectivity index (χ2n) is 7.14. The number of nitro groups is 1. The number of esters is 1. The number of hydrogen-bond donors (Lipinski definition) is 1. The van der Waals surface area contributed by atoms with E-state index in [0.29, 0.717) is 11.3 Å². The standard InChI is InChI=1S/C23H21N3O7S/c1-16-12-13-17(23(28)33-2)14-19(16)24-22(27)15-25(18-8-4-3-5-9-18)34(31,32)21-11-7-6-10-20(21)26(29)30/h3-14H,15H2,1-2H3,(H,24,27). The van der Waals surface area contributed by atoms with Gasteiger partial charge >= 0.3 is 5.97 Å². The van der Waals surface area contributed by atoms with Crippen LogP contribution in [0.1, 0.15) is 15.9 Å². The molecule has 0 bridgehead atoms. The molecule has 0 saturated carbocycles. The largest absolute Gasteiger partial charge is 0.465 e. The van der Waals surface area contributed by atoms with Crippen molar-refractivity contribution in [1.82, 2.24) is 0 Å². The van der Waals surface area contributed by atoms with Crippen molar-refractivity contribution in [1.29, 1.82) is 0 Å². The van der Waals surface area contributed by atoms with Crippen LogP contribution in [-0.4, -0.2) is 38.9 Å². The highest BCUT2D eigenvalue weighted by atomic mass is 32.2. The van der Waals surface area contributed by atoms with Crippen LogP contribution in [-0.2, 0) is 19.6 Å². The number of nitro benzene ring substituents is 1. The van der Waals surface area contributed by atoms with E-state index in [-0.39, 0.29) is 11.3 Å². The smallest absolute Gasteiger partial charge is 0.337 e. The molecule has 11 heteroatoms. The van der Waals surface area contributed by atoms with E-state index in [0.717, 1.165) is 16.4 Å². The van der Waals surface area contributed by atoms with Crippen LogP contribution < -0.4 is 9.62 Å². The second kappa shape index (κ2) is 10.1. The number of ether oxygens (including phenoxy) is 1. The van der Waals surface area contributed by atoms with Gasteiger partial charge in [0, 0.05) is 11.8 Å². The molecule has 3 rings (SSSR count). The molecule has 1 amide bonds. The molecule has 0 aliphatic heterocycles. The van der Waals surface area contributed by atoms with Crippen LogP contribution in [0.25, 0.3) is 0 Å². The van der Waals surface area contributed by atoms with Gasteiger partial charge in [-0.1, -0.05) is 36.4 Å². The van der Waals surface area contributed by atoms with Crippen LogP contribution in [0.2, 0.25) is 0 Å². The molecule has 3 aromatic rings. The van der Waals surface area contributed by atoms with E-state index in [1.165, 1.54) is 43.5 Å². The minimum Gasteiger partial charge on any atom is -0.465 e. The fraction of sp³-hybridized carbons (Fsp3) is 0.130. The second-order valence-corrected chi connectivity index (χ2v) is 8.97. The predicted octanol–water partition coefficient (Wildman–Crippen LogP) is 3.52. The fourth-order valence-corrected chi connectivity index (χ4v) is 4.76. The quantitative estimate of drug-likeness (QED) is 0.294. The first-order valence-corrected chi connectivity index (χ1v) is 11.4. The number of sulfonamides is 1. The summed E-state index contributed by atoms with van der Waals surface area (Å²) in [6.45, 7) is 1.04. The summed E-state index contributed by atoms with van der Waals surface area (Å²) >= 11 is 0. The van der Waals surface area contributed by atoms with Gasteiger partial charge in [0.05, 0.1) is 23.3 Å². The van der Waals surface area contributed by atoms with Gasteiger partial charge in [0.2, 0.25) is 5.91 Å². The van der Waals surface area contributed by atoms with Gasteiger partial charge < -0.3 is 10.1 Å². The van der Waals surface area contributed by atoms with Crippen molar-refractivity contribution in [3.8, 4) is 0 Å². The minimum atomic E-state index is -4.50. The zero-order valence-corrected chi connectivity index (χ0v) is 19.1. The molecule has 34 heavy (non-hydrogen) atoms. The third-order valence-electron chi connectivity index (χ3n) is 4.89. The van der Waals surface area contributed by atoms with E-state index in [1.54, 1.807) is 31.2 Å². The molecule has 0 aliphatic carbocycles. The maximum atomic E-state index is 13.5. The zero-order valence-electron chi connectivity index (χ0n) is 18.3. The summed E-state index contributed by atoms with van der Waals surface area (Å²) in [5, 5.41) is 14.0. The third-order valence-corrected chi connectivity index (χ3v) is 6.72. The van der Waals surface area contributed by atoms with E-state index in [1.807, 2.05) is 0 Å². The molecular formula is C23H21N3O7S. The van der Waals surface area contributed by atoms with Crippen LogP contribution in [0.5, 0.6) is 0 Å². The van der Waals surface area contributed by atoms with Crippen molar-refractivity contribution in [3.63, 3.8) is 0 Å². The van der Waals surface area contributed by atoms with Crippen molar-refractivity contribution < 1.29 is 27.7 Å². The number of anilines is 2. The van der Waals surface area contributed by atoms with Gasteiger partial charge in [-0.2, -0.15) is 0 Å². The van der Waals surface area contributed by atoms with Gasteiger partial charge in [0.1, 0.15) is 6.54 Å². The number of rotatable bonds is 8. The Labute approximate surface area is 196 Å². The van der Waals surface area contributed by atoms with Crippen molar-refractivity contribution >= 4 is 39.0 Å². The van der Waals surface area contributed by atoms with Gasteiger partial charge in [-0.15, -0.1) is 0 Å². The Kier molecular flexibility index (Phi) is 7.27. The van der Waals surface area contributed by atoms with Gasteiger partial charge in [0.25, 0.3) is 15.7 Å². The van der Waals surface area contributed by atoms with Crippen molar-refractivity contribution in [2.24, 2.45) is 0 Å². The van der Waals surface area contributed by atoms with Gasteiger partial charge in [0.15, 0.2) is 4.90 Å². The fourth-order valence-electron chi connectivity index (χ4n) is 3.18. The lowest BCUT2D eigenvalue weighted by atomic mass is 10.1. The number of nitrogens with zero attached hydrogens (tertiary/aromatic N) is 2. The van der Waals surface area contributed by atoms with Gasteiger partial charge in [-0.05, 0) is 42.8 Å². The number of nitrogens with one attached hydrogen (secondary N) is 1. The Morgan fingerprint density at radius 3 is 2.32 bits per heavy atom. The van der Waals surface area contributed by atoms with Crippen LogP contribution in [0.4, 0.5) is 17.1 Å². The summed E-state index contributed by atoms with van der Waals surface area (Å²) in [4.78, 5) is 34.9. The summed E-state index contributed by atoms with van der Waals surface area (Å²) in [6.07, 6.45) is 0. The highest BCUT2D eigenvalue weighted by molar-refractivity contribution is 7.93. The number of amides is 1. The van der Waals surface area contributed by atoms with Crippen LogP contribution >= 0.6 is 0 Å². The maximum Gasteiger partial charge on any atom is 0.337 e. The molecular weight excluding hydrogens is 462 g/mol. The van der Waals surface area contributed by atoms with Crippen molar-refractivity contribution in [2.75, 3.05) is 23.3 Å². The number of methoxy groups -OCH3 is 1. The molecule has 0 fully saturated rings. The van der Waals surface area contributed by atoms with E-state index < -0.39 is 44.0 Å². The lowest BCUT2D eigenvalue weighted by Gasteiger charge is -2.24. The molecule has 3 aromatic carbocycles. The lowest BCUT2D eigenvalue weighted by Crippen LogP contribution is -2.38. The summed E-state index contributed by atoms with van der Waals surface area (Å²) in [7, 11) is -3.27. The number of benzene rings is 3. The predicted molar refractivity (Wildman–Crippen MR) is 125 cm³/mol. The topological polar surface area (TPSA) is 136 Å². The Morgan fingerprint density at radius 2 is 1.68 bits per heavy atom. The Bertz CT molecular complexity index is 1340. The lowest BCUT2D eigenvalue weighted by molar-refractivity contribution is -0.387. The maximum absolute atomic E-state index is 13.5. The number of carbonyl (C=O) groups is 2. The third kappa shape index (κ3) is 5.21. The monoisotopic (exact) mass is 483 g/mol. The zero-order chi connectivity index (χ0) is 24.9. The summed E-state index contributed by atoms with van der Waals surface area (Å²) in [5.41, 5.74) is 0.676. The number of aryl methyl sites for hydroxylation is 1. The minimum absolute atomic E-state index is 0.149. The Balaban J connectivity index is 1.99. The molecule has 0 atom stereocenters. The van der Waals surface area contributed by atoms with Crippen LogP contribution in [0.3, 0.4) is 0 Å². The molecule has 0 heterocycles. The first-order chi connectivity index (χ1) is 16.1. The molecule has 0 spiro atoms. The van der Waals surface area contributed by atoms with Crippen LogP contribution in [0.15, 0.2) is 77.7 Å². The molecule has 10 nitrogen and oxygen atoms in total.